The molecule has 0 saturated heterocycles. The molecule has 0 rings (SSSR count). The fourth-order valence-electron chi connectivity index (χ4n) is 0.668. The molecule has 0 spiro atoms. The summed E-state index contributed by atoms with van der Waals surface area (Å²) in [6.45, 7) is 8.90. The summed E-state index contributed by atoms with van der Waals surface area (Å²) in [6, 6.07) is 0. The molecule has 0 aliphatic heterocycles. The Morgan fingerprint density at radius 2 is 1.06 bits per heavy atom. The predicted octanol–water partition coefficient (Wildman–Crippen LogP) is 1.54. The van der Waals surface area contributed by atoms with Gasteiger partial charge in [-0.05, 0) is 27.7 Å². The van der Waals surface area contributed by atoms with Crippen LogP contribution in [-0.4, -0.2) is 23.1 Å². The highest BCUT2D eigenvalue weighted by atomic mass is 17.2. The Morgan fingerprint density at radius 3 is 1.28 bits per heavy atom. The second kappa shape index (κ2) is 6.38. The minimum absolute atomic E-state index is 0.569. The van der Waals surface area contributed by atoms with Gasteiger partial charge in [-0.3, -0.25) is 9.78 Å². The highest BCUT2D eigenvalue weighted by Crippen LogP contribution is 2.12. The third-order valence-electron chi connectivity index (χ3n) is 1.40. The number of carbonyl (C=O) groups excluding carboxylic acids is 2. The van der Waals surface area contributed by atoms with E-state index >= 15 is 0 Å². The molecular formula is C12H18O6. The molecule has 0 aliphatic carbocycles. The summed E-state index contributed by atoms with van der Waals surface area (Å²) in [4.78, 5) is 39.6. The van der Waals surface area contributed by atoms with Gasteiger partial charge in [0.1, 0.15) is 0 Å². The van der Waals surface area contributed by atoms with E-state index in [-0.39, 0.29) is 0 Å². The first kappa shape index (κ1) is 16.4. The van der Waals surface area contributed by atoms with E-state index in [1.807, 2.05) is 0 Å². The van der Waals surface area contributed by atoms with Crippen LogP contribution in [0.5, 0.6) is 0 Å². The van der Waals surface area contributed by atoms with Gasteiger partial charge in [-0.2, -0.15) is 9.78 Å². The van der Waals surface area contributed by atoms with Crippen LogP contribution < -0.4 is 0 Å². The van der Waals surface area contributed by atoms with E-state index in [4.69, 9.17) is 9.78 Å². The van der Waals surface area contributed by atoms with Crippen LogP contribution >= 0.6 is 0 Å². The highest BCUT2D eigenvalue weighted by Gasteiger charge is 2.22. The zero-order valence-corrected chi connectivity index (χ0v) is 11.4. The van der Waals surface area contributed by atoms with Gasteiger partial charge in [0.25, 0.3) is 0 Å². The lowest BCUT2D eigenvalue weighted by Crippen LogP contribution is -2.27. The van der Waals surface area contributed by atoms with E-state index in [2.05, 4.69) is 21.6 Å². The molecule has 0 fully saturated rings. The molecule has 0 unspecified atom stereocenters. The molecule has 0 amide bonds. The first-order chi connectivity index (χ1) is 8.04. The topological polar surface area (TPSA) is 71.1 Å². The molecule has 0 saturated carbocycles. The Morgan fingerprint density at radius 1 is 0.778 bits per heavy atom. The second-order valence-corrected chi connectivity index (χ2v) is 4.59. The number of hydrogen-bond donors (Lipinski definition) is 0. The Hall–Kier alpha value is -1.58. The van der Waals surface area contributed by atoms with Crippen LogP contribution in [0, 0.1) is 11.8 Å². The minimum Gasteiger partial charge on any atom is -0.297 e. The largest absolute Gasteiger partial charge is 0.339 e. The Kier molecular flexibility index (Phi) is 5.82. The smallest absolute Gasteiger partial charge is 0.297 e. The number of carbonyl (C=O) groups is 2. The summed E-state index contributed by atoms with van der Waals surface area (Å²) in [7, 11) is 0. The van der Waals surface area contributed by atoms with Crippen molar-refractivity contribution in [2.45, 2.75) is 52.7 Å². The number of hydrogen-bond acceptors (Lipinski definition) is 6. The van der Waals surface area contributed by atoms with Gasteiger partial charge in [-0.15, -0.1) is 0 Å². The zero-order chi connectivity index (χ0) is 14.4. The summed E-state index contributed by atoms with van der Waals surface area (Å²) >= 11 is 0. The highest BCUT2D eigenvalue weighted by molar-refractivity contribution is 5.65. The first-order valence-electron chi connectivity index (χ1n) is 5.31. The molecule has 0 heterocycles. The lowest BCUT2D eigenvalue weighted by Gasteiger charge is -2.18. The lowest BCUT2D eigenvalue weighted by molar-refractivity contribution is -0.311. The van der Waals surface area contributed by atoms with Gasteiger partial charge in [-0.25, -0.2) is 9.59 Å². The lowest BCUT2D eigenvalue weighted by atomic mass is 10.1. The molecule has 6 heteroatoms. The van der Waals surface area contributed by atoms with Crippen LogP contribution in [0.25, 0.3) is 0 Å². The molecule has 0 atom stereocenters. The Labute approximate surface area is 106 Å². The average molecular weight is 258 g/mol. The summed E-state index contributed by atoms with van der Waals surface area (Å²) in [5.74, 6) is 4.29. The summed E-state index contributed by atoms with van der Waals surface area (Å²) in [5, 5.41) is 0. The van der Waals surface area contributed by atoms with E-state index in [1.165, 1.54) is 13.8 Å². The van der Waals surface area contributed by atoms with Crippen molar-refractivity contribution in [3.8, 4) is 11.8 Å². The van der Waals surface area contributed by atoms with Crippen LogP contribution in [0.4, 0.5) is 0 Å². The van der Waals surface area contributed by atoms with Crippen LogP contribution in [0.15, 0.2) is 0 Å². The van der Waals surface area contributed by atoms with Gasteiger partial charge < -0.3 is 0 Å². The Balaban J connectivity index is 4.51. The van der Waals surface area contributed by atoms with Crippen molar-refractivity contribution in [2.24, 2.45) is 0 Å². The van der Waals surface area contributed by atoms with E-state index in [0.717, 1.165) is 0 Å². The molecule has 0 aliphatic rings. The van der Waals surface area contributed by atoms with Gasteiger partial charge in [0, 0.05) is 13.8 Å². The maximum atomic E-state index is 10.6. The van der Waals surface area contributed by atoms with Crippen molar-refractivity contribution < 1.29 is 29.1 Å². The van der Waals surface area contributed by atoms with E-state index in [1.54, 1.807) is 27.7 Å². The summed E-state index contributed by atoms with van der Waals surface area (Å²) < 4.78 is 0. The second-order valence-electron chi connectivity index (χ2n) is 4.59. The predicted molar refractivity (Wildman–Crippen MR) is 61.6 cm³/mol. The van der Waals surface area contributed by atoms with Crippen LogP contribution in [-0.2, 0) is 29.1 Å². The van der Waals surface area contributed by atoms with Crippen molar-refractivity contribution in [1.82, 2.24) is 0 Å². The minimum atomic E-state index is -0.997. The SMILES string of the molecule is CC(=O)OOC(C)(C)C#CC(C)(C)OOC(C)=O. The van der Waals surface area contributed by atoms with E-state index in [9.17, 15) is 9.59 Å². The number of rotatable bonds is 4. The van der Waals surface area contributed by atoms with Crippen molar-refractivity contribution >= 4 is 11.9 Å². The first-order valence-corrected chi connectivity index (χ1v) is 5.31. The van der Waals surface area contributed by atoms with E-state index < -0.39 is 23.1 Å². The van der Waals surface area contributed by atoms with Gasteiger partial charge in [0.2, 0.25) is 0 Å². The molecule has 0 N–H and O–H groups in total. The van der Waals surface area contributed by atoms with Gasteiger partial charge in [0.15, 0.2) is 11.2 Å². The molecule has 18 heavy (non-hydrogen) atoms. The maximum absolute atomic E-state index is 10.6. The average Bonchev–Trinajstić information content (AvgIpc) is 2.22. The summed E-state index contributed by atoms with van der Waals surface area (Å²) in [6.07, 6.45) is 0. The van der Waals surface area contributed by atoms with Crippen LogP contribution in [0.1, 0.15) is 41.5 Å². The monoisotopic (exact) mass is 258 g/mol. The molecule has 0 bridgehead atoms. The molecule has 0 aromatic carbocycles. The Bertz CT molecular complexity index is 338. The fraction of sp³-hybridized carbons (Fsp3) is 0.667. The fourth-order valence-corrected chi connectivity index (χ4v) is 0.668. The van der Waals surface area contributed by atoms with Crippen molar-refractivity contribution in [3.63, 3.8) is 0 Å². The van der Waals surface area contributed by atoms with Gasteiger partial charge in [0.05, 0.1) is 0 Å². The molecule has 6 nitrogen and oxygen atoms in total. The zero-order valence-electron chi connectivity index (χ0n) is 11.4. The standard InChI is InChI=1S/C12H18O6/c1-9(13)15-17-11(3,4)7-8-12(5,6)18-16-10(2)14/h1-6H3. The van der Waals surface area contributed by atoms with Crippen molar-refractivity contribution in [3.05, 3.63) is 0 Å². The van der Waals surface area contributed by atoms with E-state index in [0.29, 0.717) is 0 Å². The van der Waals surface area contributed by atoms with Crippen molar-refractivity contribution in [2.75, 3.05) is 0 Å². The molecule has 0 radical (unpaired) electrons. The normalized spacial score (nSPS) is 11.2. The molecule has 102 valence electrons. The van der Waals surface area contributed by atoms with Crippen LogP contribution in [0.3, 0.4) is 0 Å². The van der Waals surface area contributed by atoms with Gasteiger partial charge >= 0.3 is 11.9 Å². The molecule has 0 aromatic rings. The maximum Gasteiger partial charge on any atom is 0.339 e. The molecular weight excluding hydrogens is 240 g/mol. The summed E-state index contributed by atoms with van der Waals surface area (Å²) in [5.41, 5.74) is -1.99. The van der Waals surface area contributed by atoms with Crippen LogP contribution in [0.2, 0.25) is 0 Å². The third-order valence-corrected chi connectivity index (χ3v) is 1.40. The third kappa shape index (κ3) is 8.56. The van der Waals surface area contributed by atoms with Gasteiger partial charge in [-0.1, -0.05) is 11.8 Å². The molecule has 0 aromatic heterocycles. The van der Waals surface area contributed by atoms with Crippen molar-refractivity contribution in [1.29, 1.82) is 0 Å². The quantitative estimate of drug-likeness (QED) is 0.432.